The van der Waals surface area contributed by atoms with Crippen molar-refractivity contribution in [3.05, 3.63) is 70.7 Å². The van der Waals surface area contributed by atoms with Gasteiger partial charge in [-0.05, 0) is 4.47 Å². The standard InChI is InChI=1S/C10H8Br.C5H5.C2H6Si.2BrH.Zr/c1-7-5-8-3-2-4-10(11)9(8)6-7;1-2-4-5-3-1;1-3-2;;;/h2-6H,1H3;1-5H;1-2H3;2*1H;/q2*-1;;;;+2/p-2. The minimum Gasteiger partial charge on any atom is -1.00 e. The van der Waals surface area contributed by atoms with Gasteiger partial charge < -0.3 is 34.0 Å². The van der Waals surface area contributed by atoms with E-state index in [0.29, 0.717) is 0 Å². The van der Waals surface area contributed by atoms with Gasteiger partial charge in [0.2, 0.25) is 0 Å². The van der Waals surface area contributed by atoms with Gasteiger partial charge in [-0.15, -0.1) is 34.5 Å². The molecule has 0 amide bonds. The van der Waals surface area contributed by atoms with Crippen LogP contribution in [0.15, 0.2) is 65.1 Å². The van der Waals surface area contributed by atoms with E-state index in [-0.39, 0.29) is 39.4 Å². The van der Waals surface area contributed by atoms with Crippen molar-refractivity contribution in [3.8, 4) is 0 Å². The summed E-state index contributed by atoms with van der Waals surface area (Å²) in [7, 11) is 0. The Balaban J connectivity index is 0. The van der Waals surface area contributed by atoms with E-state index in [1.54, 1.807) is 23.3 Å². The van der Waals surface area contributed by atoms with Crippen molar-refractivity contribution >= 4 is 32.1 Å². The number of rotatable bonds is 0. The van der Waals surface area contributed by atoms with Crippen LogP contribution in [-0.4, -0.2) is 5.43 Å². The average Bonchev–Trinajstić information content (AvgIpc) is 2.99. The Morgan fingerprint density at radius 2 is 1.59 bits per heavy atom. The van der Waals surface area contributed by atoms with E-state index in [4.69, 9.17) is 0 Å². The molecule has 0 N–H and O–H groups in total. The molecule has 3 aromatic carbocycles. The van der Waals surface area contributed by atoms with Gasteiger partial charge in [0.1, 0.15) is 0 Å². The van der Waals surface area contributed by atoms with Gasteiger partial charge in [0.15, 0.2) is 0 Å². The van der Waals surface area contributed by atoms with Gasteiger partial charge in [-0.25, -0.2) is 12.1 Å². The van der Waals surface area contributed by atoms with Crippen LogP contribution < -0.4 is 34.0 Å². The number of halogens is 3. The molecule has 118 valence electrons. The molecular formula is C17H19Br3SiZr-2. The van der Waals surface area contributed by atoms with E-state index in [9.17, 15) is 0 Å². The summed E-state index contributed by atoms with van der Waals surface area (Å²) in [5, 5.41) is 2.63. The molecule has 0 unspecified atom stereocenters. The first-order valence-corrected chi connectivity index (χ1v) is 13.5. The van der Waals surface area contributed by atoms with Crippen molar-refractivity contribution in [3.63, 3.8) is 0 Å². The number of aryl methyl sites for hydroxylation is 1. The van der Waals surface area contributed by atoms with Crippen LogP contribution in [-0.2, 0) is 23.3 Å². The minimum atomic E-state index is 0. The first-order valence-electron chi connectivity index (χ1n) is 6.50. The monoisotopic (exact) mass is 578 g/mol. The van der Waals surface area contributed by atoms with E-state index in [2.05, 4.69) is 66.3 Å². The van der Waals surface area contributed by atoms with Crippen LogP contribution in [0.1, 0.15) is 5.56 Å². The van der Waals surface area contributed by atoms with Crippen molar-refractivity contribution in [2.75, 3.05) is 0 Å². The van der Waals surface area contributed by atoms with E-state index in [1.807, 2.05) is 30.3 Å². The summed E-state index contributed by atoms with van der Waals surface area (Å²) in [6, 6.07) is 20.7. The van der Waals surface area contributed by atoms with Crippen LogP contribution in [0.3, 0.4) is 0 Å². The molecule has 0 radical (unpaired) electrons. The maximum atomic E-state index is 3.51. The summed E-state index contributed by atoms with van der Waals surface area (Å²) in [6.45, 7) is 6.73. The maximum Gasteiger partial charge on any atom is -0.0262 e. The third-order valence-corrected chi connectivity index (χ3v) is 3.09. The van der Waals surface area contributed by atoms with Crippen LogP contribution in [0.25, 0.3) is 10.8 Å². The third-order valence-electron chi connectivity index (χ3n) is 2.40. The number of hydrogen-bond donors (Lipinski definition) is 0. The Kier molecular flexibility index (Phi) is 16.0. The van der Waals surface area contributed by atoms with E-state index >= 15 is 0 Å². The second-order valence-corrected chi connectivity index (χ2v) is 15.0. The molecule has 0 aliphatic carbocycles. The van der Waals surface area contributed by atoms with Gasteiger partial charge in [0.05, 0.1) is 0 Å². The second kappa shape index (κ2) is 14.1. The van der Waals surface area contributed by atoms with Gasteiger partial charge in [-0.1, -0.05) is 28.9 Å². The average molecular weight is 582 g/mol. The predicted octanol–water partition coefficient (Wildman–Crippen LogP) is -0.173. The van der Waals surface area contributed by atoms with E-state index < -0.39 is 0 Å². The van der Waals surface area contributed by atoms with Gasteiger partial charge in [-0.3, -0.25) is 0 Å². The predicted molar refractivity (Wildman–Crippen MR) is 91.5 cm³/mol. The van der Waals surface area contributed by atoms with Gasteiger partial charge >= 0.3 is 41.9 Å². The first-order chi connectivity index (χ1) is 9.50. The van der Waals surface area contributed by atoms with Crippen molar-refractivity contribution in [2.45, 2.75) is 20.0 Å². The smallest absolute Gasteiger partial charge is 0.0262 e. The normalized spacial score (nSPS) is 8.45. The summed E-state index contributed by atoms with van der Waals surface area (Å²) >= 11 is 5.25. The maximum absolute atomic E-state index is 3.51. The molecule has 0 aromatic heterocycles. The third kappa shape index (κ3) is 10.5. The SMILES string of the molecule is C[Si](C)=[Zr+2].Cc1cc2c(Br)cccc2[cH-]1.[Br-].[Br-].c1cc[cH-]c1. The number of benzene rings is 1. The molecule has 0 aliphatic rings. The van der Waals surface area contributed by atoms with Crippen molar-refractivity contribution in [1.82, 2.24) is 0 Å². The Hall–Kier alpha value is 0.720. The molecule has 0 fully saturated rings. The molecule has 0 atom stereocenters. The molecule has 0 saturated carbocycles. The Labute approximate surface area is 178 Å². The molecule has 3 aromatic rings. The molecule has 0 heterocycles. The molecule has 22 heavy (non-hydrogen) atoms. The summed E-state index contributed by atoms with van der Waals surface area (Å²) in [5.41, 5.74) is 1.54. The number of fused-ring (bicyclic) bond motifs is 1. The molecular weight excluding hydrogens is 563 g/mol. The zero-order valence-corrected chi connectivity index (χ0v) is 21.1. The molecule has 0 aliphatic heterocycles. The Bertz CT molecular complexity index is 624. The van der Waals surface area contributed by atoms with E-state index in [1.165, 1.54) is 20.8 Å². The summed E-state index contributed by atoms with van der Waals surface area (Å²) in [4.78, 5) is 0. The van der Waals surface area contributed by atoms with Crippen LogP contribution in [0.5, 0.6) is 0 Å². The molecule has 0 nitrogen and oxygen atoms in total. The quantitative estimate of drug-likeness (QED) is 0.255. The van der Waals surface area contributed by atoms with Gasteiger partial charge in [0, 0.05) is 0 Å². The second-order valence-electron chi connectivity index (χ2n) is 4.74. The molecule has 0 spiro atoms. The van der Waals surface area contributed by atoms with Gasteiger partial charge in [0.25, 0.3) is 0 Å². The topological polar surface area (TPSA) is 0 Å². The van der Waals surface area contributed by atoms with Crippen molar-refractivity contribution in [1.29, 1.82) is 0 Å². The van der Waals surface area contributed by atoms with E-state index in [0.717, 1.165) is 0 Å². The Morgan fingerprint density at radius 3 is 2.00 bits per heavy atom. The molecule has 5 heteroatoms. The van der Waals surface area contributed by atoms with Gasteiger partial charge in [-0.2, -0.15) is 24.3 Å². The van der Waals surface area contributed by atoms with Crippen molar-refractivity contribution in [2.24, 2.45) is 0 Å². The molecule has 0 bridgehead atoms. The van der Waals surface area contributed by atoms with Crippen LogP contribution in [0.4, 0.5) is 0 Å². The Morgan fingerprint density at radius 1 is 1.05 bits per heavy atom. The summed E-state index contributed by atoms with van der Waals surface area (Å²) in [6.07, 6.45) is 0. The molecule has 3 rings (SSSR count). The zero-order chi connectivity index (χ0) is 15.0. The minimum absolute atomic E-state index is 0. The fourth-order valence-corrected chi connectivity index (χ4v) is 2.16. The fraction of sp³-hybridized carbons (Fsp3) is 0.176. The summed E-state index contributed by atoms with van der Waals surface area (Å²) in [5.74, 6) is 0. The fourth-order valence-electron chi connectivity index (χ4n) is 1.67. The first kappa shape index (κ1) is 25.0. The van der Waals surface area contributed by atoms with Crippen LogP contribution >= 0.6 is 15.9 Å². The van der Waals surface area contributed by atoms with Crippen molar-refractivity contribution < 1.29 is 57.3 Å². The largest absolute Gasteiger partial charge is 1.00 e. The van der Waals surface area contributed by atoms with Crippen LogP contribution in [0.2, 0.25) is 13.1 Å². The summed E-state index contributed by atoms with van der Waals surface area (Å²) < 4.78 is 1.18. The number of hydrogen-bond acceptors (Lipinski definition) is 0. The zero-order valence-electron chi connectivity index (χ0n) is 12.9. The molecule has 0 saturated heterocycles. The van der Waals surface area contributed by atoms with Crippen LogP contribution in [0, 0.1) is 6.92 Å².